The van der Waals surface area contributed by atoms with Crippen molar-refractivity contribution in [1.82, 2.24) is 15.1 Å². The Bertz CT molecular complexity index is 809. The molecule has 1 aromatic heterocycles. The van der Waals surface area contributed by atoms with Crippen molar-refractivity contribution in [3.63, 3.8) is 0 Å². The number of rotatable bonds is 3. The smallest absolute Gasteiger partial charge is 0.254 e. The number of amides is 1. The summed E-state index contributed by atoms with van der Waals surface area (Å²) in [5, 5.41) is 10.4. The first kappa shape index (κ1) is 15.1. The van der Waals surface area contributed by atoms with Gasteiger partial charge in [0.2, 0.25) is 0 Å². The number of hydrogen-bond acceptors (Lipinski definition) is 5. The van der Waals surface area contributed by atoms with Gasteiger partial charge >= 0.3 is 0 Å². The summed E-state index contributed by atoms with van der Waals surface area (Å²) in [4.78, 5) is 25.9. The molecule has 1 aliphatic heterocycles. The van der Waals surface area contributed by atoms with Gasteiger partial charge in [0.1, 0.15) is 5.69 Å². The number of aromatic nitrogens is 2. The first-order chi connectivity index (χ1) is 11.0. The van der Waals surface area contributed by atoms with Crippen LogP contribution in [-0.4, -0.2) is 33.3 Å². The third-order valence-electron chi connectivity index (χ3n) is 4.13. The molecule has 7 heteroatoms. The summed E-state index contributed by atoms with van der Waals surface area (Å²) in [5.41, 5.74) is 11.2. The largest absolute Gasteiger partial charge is 0.332 e. The SMILES string of the molecule is CC(=O)c1n[nH]c2c1CCN(C(=O)c1ccc(C)c(N=N)c1)C2. The molecule has 23 heavy (non-hydrogen) atoms. The molecule has 2 heterocycles. The monoisotopic (exact) mass is 311 g/mol. The zero-order valence-electron chi connectivity index (χ0n) is 13.0. The van der Waals surface area contributed by atoms with Crippen LogP contribution in [0.2, 0.25) is 0 Å². The van der Waals surface area contributed by atoms with Gasteiger partial charge in [0.05, 0.1) is 17.9 Å². The normalized spacial score (nSPS) is 13.6. The molecule has 0 saturated heterocycles. The summed E-state index contributed by atoms with van der Waals surface area (Å²) >= 11 is 0. The highest BCUT2D eigenvalue weighted by molar-refractivity contribution is 5.96. The van der Waals surface area contributed by atoms with Crippen LogP contribution in [0.25, 0.3) is 0 Å². The number of carbonyl (C=O) groups is 2. The van der Waals surface area contributed by atoms with E-state index in [-0.39, 0.29) is 11.7 Å². The molecule has 1 aromatic carbocycles. The summed E-state index contributed by atoms with van der Waals surface area (Å²) in [5.74, 6) is -0.179. The molecule has 0 atom stereocenters. The van der Waals surface area contributed by atoms with E-state index in [9.17, 15) is 9.59 Å². The van der Waals surface area contributed by atoms with Crippen molar-refractivity contribution in [3.8, 4) is 0 Å². The minimum Gasteiger partial charge on any atom is -0.332 e. The molecule has 0 saturated carbocycles. The number of H-pyrrole nitrogens is 1. The molecule has 0 aliphatic carbocycles. The van der Waals surface area contributed by atoms with Gasteiger partial charge in [-0.1, -0.05) is 6.07 Å². The second kappa shape index (κ2) is 5.75. The highest BCUT2D eigenvalue weighted by atomic mass is 16.2. The zero-order chi connectivity index (χ0) is 16.6. The second-order valence-corrected chi connectivity index (χ2v) is 5.68. The van der Waals surface area contributed by atoms with E-state index in [1.807, 2.05) is 6.92 Å². The van der Waals surface area contributed by atoms with E-state index >= 15 is 0 Å². The van der Waals surface area contributed by atoms with Crippen LogP contribution in [0.5, 0.6) is 0 Å². The van der Waals surface area contributed by atoms with Gasteiger partial charge in [-0.3, -0.25) is 14.7 Å². The number of nitrogens with zero attached hydrogens (tertiary/aromatic N) is 3. The molecule has 2 aromatic rings. The van der Waals surface area contributed by atoms with Crippen molar-refractivity contribution in [3.05, 3.63) is 46.3 Å². The first-order valence-corrected chi connectivity index (χ1v) is 7.35. The van der Waals surface area contributed by atoms with Crippen molar-refractivity contribution in [1.29, 1.82) is 5.53 Å². The van der Waals surface area contributed by atoms with Crippen molar-refractivity contribution in [2.45, 2.75) is 26.8 Å². The Morgan fingerprint density at radius 3 is 2.87 bits per heavy atom. The predicted molar refractivity (Wildman–Crippen MR) is 83.0 cm³/mol. The van der Waals surface area contributed by atoms with E-state index in [2.05, 4.69) is 15.3 Å². The van der Waals surface area contributed by atoms with Crippen LogP contribution in [-0.2, 0) is 13.0 Å². The molecule has 0 bridgehead atoms. The Morgan fingerprint density at radius 1 is 1.39 bits per heavy atom. The topological polar surface area (TPSA) is 102 Å². The molecule has 0 unspecified atom stereocenters. The molecule has 0 fully saturated rings. The third-order valence-corrected chi connectivity index (χ3v) is 4.13. The second-order valence-electron chi connectivity index (χ2n) is 5.68. The summed E-state index contributed by atoms with van der Waals surface area (Å²) in [6.45, 7) is 4.28. The maximum Gasteiger partial charge on any atom is 0.254 e. The molecule has 1 aliphatic rings. The Hall–Kier alpha value is -2.83. The van der Waals surface area contributed by atoms with Gasteiger partial charge in [0.25, 0.3) is 5.91 Å². The lowest BCUT2D eigenvalue weighted by atomic mass is 10.0. The summed E-state index contributed by atoms with van der Waals surface area (Å²) < 4.78 is 0. The Balaban J connectivity index is 1.84. The van der Waals surface area contributed by atoms with Crippen LogP contribution in [0.3, 0.4) is 0 Å². The summed E-state index contributed by atoms with van der Waals surface area (Å²) in [7, 11) is 0. The molecule has 0 radical (unpaired) electrons. The minimum atomic E-state index is -0.112. The van der Waals surface area contributed by atoms with E-state index in [4.69, 9.17) is 5.53 Å². The van der Waals surface area contributed by atoms with Gasteiger partial charge in [-0.05, 0) is 31.0 Å². The van der Waals surface area contributed by atoms with Crippen molar-refractivity contribution in [2.24, 2.45) is 5.11 Å². The van der Waals surface area contributed by atoms with Crippen LogP contribution >= 0.6 is 0 Å². The number of aryl methyl sites for hydroxylation is 1. The average molecular weight is 311 g/mol. The van der Waals surface area contributed by atoms with Gasteiger partial charge in [-0.15, -0.1) is 0 Å². The van der Waals surface area contributed by atoms with Crippen LogP contribution in [0, 0.1) is 12.5 Å². The average Bonchev–Trinajstić information content (AvgIpc) is 2.98. The predicted octanol–water partition coefficient (Wildman–Crippen LogP) is 2.78. The molecular weight excluding hydrogens is 294 g/mol. The third kappa shape index (κ3) is 2.65. The van der Waals surface area contributed by atoms with E-state index in [0.29, 0.717) is 36.5 Å². The van der Waals surface area contributed by atoms with Crippen LogP contribution in [0.15, 0.2) is 23.3 Å². The number of fused-ring (bicyclic) bond motifs is 1. The lowest BCUT2D eigenvalue weighted by Crippen LogP contribution is -2.36. The number of ketones is 1. The standard InChI is InChI=1S/C16H17N5O2/c1-9-3-4-11(7-13(9)18-17)16(23)21-6-5-12-14(8-21)19-20-15(12)10(2)22/h3-4,7,17H,5-6,8H2,1-2H3,(H,19,20). The fourth-order valence-electron chi connectivity index (χ4n) is 2.83. The summed E-state index contributed by atoms with van der Waals surface area (Å²) in [6, 6.07) is 5.17. The number of carbonyl (C=O) groups excluding carboxylic acids is 2. The maximum atomic E-state index is 12.7. The van der Waals surface area contributed by atoms with E-state index in [1.54, 1.807) is 23.1 Å². The molecular formula is C16H17N5O2. The highest BCUT2D eigenvalue weighted by Crippen LogP contribution is 2.24. The minimum absolute atomic E-state index is 0.0671. The van der Waals surface area contributed by atoms with Gasteiger partial charge in [-0.2, -0.15) is 10.2 Å². The van der Waals surface area contributed by atoms with Gasteiger partial charge in [0, 0.05) is 24.6 Å². The molecule has 118 valence electrons. The van der Waals surface area contributed by atoms with E-state index < -0.39 is 0 Å². The van der Waals surface area contributed by atoms with Crippen molar-refractivity contribution >= 4 is 17.4 Å². The quantitative estimate of drug-likeness (QED) is 0.673. The molecule has 7 nitrogen and oxygen atoms in total. The molecule has 1 amide bonds. The summed E-state index contributed by atoms with van der Waals surface area (Å²) in [6.07, 6.45) is 0.605. The molecule has 2 N–H and O–H groups in total. The lowest BCUT2D eigenvalue weighted by Gasteiger charge is -2.27. The molecule has 0 spiro atoms. The van der Waals surface area contributed by atoms with Crippen LogP contribution in [0.1, 0.15) is 44.6 Å². The Morgan fingerprint density at radius 2 is 2.17 bits per heavy atom. The highest BCUT2D eigenvalue weighted by Gasteiger charge is 2.27. The maximum absolute atomic E-state index is 12.7. The van der Waals surface area contributed by atoms with Crippen LogP contribution < -0.4 is 0 Å². The van der Waals surface area contributed by atoms with Gasteiger partial charge < -0.3 is 4.90 Å². The lowest BCUT2D eigenvalue weighted by molar-refractivity contribution is 0.0732. The van der Waals surface area contributed by atoms with Gasteiger partial charge in [-0.25, -0.2) is 5.53 Å². The number of benzene rings is 1. The van der Waals surface area contributed by atoms with Crippen molar-refractivity contribution < 1.29 is 9.59 Å². The Kier molecular flexibility index (Phi) is 3.77. The number of aromatic amines is 1. The fourth-order valence-corrected chi connectivity index (χ4v) is 2.83. The van der Waals surface area contributed by atoms with Crippen molar-refractivity contribution in [2.75, 3.05) is 6.54 Å². The van der Waals surface area contributed by atoms with Gasteiger partial charge in [0.15, 0.2) is 5.78 Å². The number of hydrogen-bond donors (Lipinski definition) is 2. The number of nitrogens with one attached hydrogen (secondary N) is 2. The fraction of sp³-hybridized carbons (Fsp3) is 0.312. The Labute approximate surface area is 133 Å². The number of Topliss-reactive ketones (excluding diaryl/α,β-unsaturated/α-hetero) is 1. The molecule has 3 rings (SSSR count). The zero-order valence-corrected chi connectivity index (χ0v) is 13.0. The first-order valence-electron chi connectivity index (χ1n) is 7.35. The van der Waals surface area contributed by atoms with Crippen LogP contribution in [0.4, 0.5) is 5.69 Å². The van der Waals surface area contributed by atoms with E-state index in [1.165, 1.54) is 6.92 Å². The van der Waals surface area contributed by atoms with E-state index in [0.717, 1.165) is 16.8 Å².